The van der Waals surface area contributed by atoms with Crippen molar-refractivity contribution >= 4 is 11.6 Å². The molecule has 0 unspecified atom stereocenters. The number of pyridine rings is 1. The number of imidazole rings is 1. The molecule has 0 radical (unpaired) electrons. The first kappa shape index (κ1) is 19.3. The lowest BCUT2D eigenvalue weighted by atomic mass is 10.2. The number of aromatic nitrogens is 3. The van der Waals surface area contributed by atoms with E-state index in [-0.39, 0.29) is 5.91 Å². The fourth-order valence-corrected chi connectivity index (χ4v) is 3.60. The van der Waals surface area contributed by atoms with Crippen molar-refractivity contribution in [2.24, 2.45) is 0 Å². The maximum absolute atomic E-state index is 12.2. The van der Waals surface area contributed by atoms with Crippen LogP contribution >= 0.6 is 0 Å². The summed E-state index contributed by atoms with van der Waals surface area (Å²) in [6.45, 7) is 6.04. The largest absolute Gasteiger partial charge is 0.330 e. The minimum absolute atomic E-state index is 0.0115. The number of benzene rings is 1. The van der Waals surface area contributed by atoms with Crippen LogP contribution in [-0.4, -0.2) is 69.5 Å². The maximum atomic E-state index is 12.2. The van der Waals surface area contributed by atoms with Crippen LogP contribution in [0.25, 0.3) is 11.4 Å². The lowest BCUT2D eigenvalue weighted by Crippen LogP contribution is -2.49. The van der Waals surface area contributed by atoms with Gasteiger partial charge < -0.3 is 9.88 Å². The third kappa shape index (κ3) is 5.28. The highest BCUT2D eigenvalue weighted by molar-refractivity contribution is 5.92. The number of nitrogens with one attached hydrogen (secondary N) is 1. The molecule has 1 aliphatic rings. The third-order valence-electron chi connectivity index (χ3n) is 5.18. The molecule has 29 heavy (non-hydrogen) atoms. The van der Waals surface area contributed by atoms with Gasteiger partial charge in [0.1, 0.15) is 5.82 Å². The SMILES string of the molecule is O=C(CN1CCN(CCn2ccnc2-c2ccccc2)CC1)Nc1cccnc1. The topological polar surface area (TPSA) is 66.3 Å². The Balaban J connectivity index is 1.22. The lowest BCUT2D eigenvalue weighted by molar-refractivity contribution is -0.117. The van der Waals surface area contributed by atoms with E-state index in [0.717, 1.165) is 56.3 Å². The first-order valence-electron chi connectivity index (χ1n) is 9.99. The quantitative estimate of drug-likeness (QED) is 0.670. The summed E-state index contributed by atoms with van der Waals surface area (Å²) in [4.78, 5) is 25.4. The number of hydrogen-bond donors (Lipinski definition) is 1. The Labute approximate surface area is 171 Å². The van der Waals surface area contributed by atoms with Gasteiger partial charge in [0.2, 0.25) is 5.91 Å². The van der Waals surface area contributed by atoms with Crippen molar-refractivity contribution in [1.82, 2.24) is 24.3 Å². The van der Waals surface area contributed by atoms with Gasteiger partial charge in [-0.15, -0.1) is 0 Å². The molecule has 0 bridgehead atoms. The monoisotopic (exact) mass is 390 g/mol. The summed E-state index contributed by atoms with van der Waals surface area (Å²) >= 11 is 0. The molecule has 3 heterocycles. The molecule has 0 spiro atoms. The van der Waals surface area contributed by atoms with Crippen LogP contribution in [0.4, 0.5) is 5.69 Å². The van der Waals surface area contributed by atoms with Crippen LogP contribution in [-0.2, 0) is 11.3 Å². The number of carbonyl (C=O) groups excluding carboxylic acids is 1. The molecule has 4 rings (SSSR count). The summed E-state index contributed by atoms with van der Waals surface area (Å²) in [6.07, 6.45) is 7.26. The predicted octanol–water partition coefficient (Wildman–Crippen LogP) is 2.20. The molecule has 0 atom stereocenters. The van der Waals surface area contributed by atoms with Gasteiger partial charge in [0.05, 0.1) is 18.4 Å². The lowest BCUT2D eigenvalue weighted by Gasteiger charge is -2.34. The van der Waals surface area contributed by atoms with Crippen molar-refractivity contribution in [2.75, 3.05) is 44.6 Å². The number of nitrogens with zero attached hydrogens (tertiary/aromatic N) is 5. The van der Waals surface area contributed by atoms with Crippen LogP contribution in [0.5, 0.6) is 0 Å². The molecule has 2 aromatic heterocycles. The van der Waals surface area contributed by atoms with E-state index in [1.54, 1.807) is 12.4 Å². The van der Waals surface area contributed by atoms with Crippen molar-refractivity contribution in [3.63, 3.8) is 0 Å². The first-order valence-corrected chi connectivity index (χ1v) is 9.99. The van der Waals surface area contributed by atoms with Crippen LogP contribution in [0.2, 0.25) is 0 Å². The molecule has 3 aromatic rings. The van der Waals surface area contributed by atoms with Gasteiger partial charge in [0.15, 0.2) is 0 Å². The molecule has 0 aliphatic carbocycles. The predicted molar refractivity (Wildman–Crippen MR) is 113 cm³/mol. The summed E-state index contributed by atoms with van der Waals surface area (Å²) in [7, 11) is 0. The van der Waals surface area contributed by atoms with Crippen LogP contribution in [0.15, 0.2) is 67.3 Å². The molecule has 1 aromatic carbocycles. The Bertz CT molecular complexity index is 903. The molecule has 0 saturated carbocycles. The summed E-state index contributed by atoms with van der Waals surface area (Å²) in [6, 6.07) is 14.0. The molecule has 1 amide bonds. The van der Waals surface area contributed by atoms with E-state index in [1.807, 2.05) is 42.7 Å². The average Bonchev–Trinajstić information content (AvgIpc) is 3.23. The zero-order valence-corrected chi connectivity index (χ0v) is 16.4. The second-order valence-electron chi connectivity index (χ2n) is 7.22. The molecular weight excluding hydrogens is 364 g/mol. The summed E-state index contributed by atoms with van der Waals surface area (Å²) in [5.74, 6) is 1.02. The second-order valence-corrected chi connectivity index (χ2v) is 7.22. The Morgan fingerprint density at radius 3 is 2.48 bits per heavy atom. The molecule has 1 fully saturated rings. The van der Waals surface area contributed by atoms with Crippen molar-refractivity contribution in [2.45, 2.75) is 6.54 Å². The van der Waals surface area contributed by atoms with Crippen LogP contribution in [0, 0.1) is 0 Å². The number of amides is 1. The smallest absolute Gasteiger partial charge is 0.238 e. The number of anilines is 1. The Morgan fingerprint density at radius 2 is 1.72 bits per heavy atom. The van der Waals surface area contributed by atoms with Crippen molar-refractivity contribution in [3.05, 3.63) is 67.3 Å². The van der Waals surface area contributed by atoms with Gasteiger partial charge in [-0.1, -0.05) is 30.3 Å². The maximum Gasteiger partial charge on any atom is 0.238 e. The van der Waals surface area contributed by atoms with Crippen LogP contribution in [0.1, 0.15) is 0 Å². The molecule has 1 aliphatic heterocycles. The minimum atomic E-state index is 0.0115. The van der Waals surface area contributed by atoms with Crippen LogP contribution < -0.4 is 5.32 Å². The van der Waals surface area contributed by atoms with Crippen molar-refractivity contribution < 1.29 is 4.79 Å². The Morgan fingerprint density at radius 1 is 0.931 bits per heavy atom. The average molecular weight is 390 g/mol. The van der Waals surface area contributed by atoms with Crippen molar-refractivity contribution in [3.8, 4) is 11.4 Å². The number of piperazine rings is 1. The molecular formula is C22H26N6O. The van der Waals surface area contributed by atoms with Crippen molar-refractivity contribution in [1.29, 1.82) is 0 Å². The molecule has 1 N–H and O–H groups in total. The Hall–Kier alpha value is -3.03. The van der Waals surface area contributed by atoms with E-state index in [2.05, 4.69) is 41.8 Å². The first-order chi connectivity index (χ1) is 14.3. The van der Waals surface area contributed by atoms with E-state index in [9.17, 15) is 4.79 Å². The highest BCUT2D eigenvalue weighted by atomic mass is 16.2. The normalized spacial score (nSPS) is 15.3. The molecule has 150 valence electrons. The Kier molecular flexibility index (Phi) is 6.29. The molecule has 7 nitrogen and oxygen atoms in total. The minimum Gasteiger partial charge on any atom is -0.330 e. The van der Waals surface area contributed by atoms with E-state index < -0.39 is 0 Å². The zero-order valence-electron chi connectivity index (χ0n) is 16.4. The van der Waals surface area contributed by atoms with Gasteiger partial charge in [-0.2, -0.15) is 0 Å². The van der Waals surface area contributed by atoms with E-state index >= 15 is 0 Å². The van der Waals surface area contributed by atoms with Gasteiger partial charge in [-0.25, -0.2) is 4.98 Å². The standard InChI is InChI=1S/C22H26N6O/c29-21(25-20-7-4-8-23-17-20)18-27-13-11-26(12-14-27)15-16-28-10-9-24-22(28)19-5-2-1-3-6-19/h1-10,17H,11-16,18H2,(H,25,29). The second kappa shape index (κ2) is 9.45. The third-order valence-corrected chi connectivity index (χ3v) is 5.18. The summed E-state index contributed by atoms with van der Waals surface area (Å²) in [5, 5.41) is 2.90. The van der Waals surface area contributed by atoms with Gasteiger partial charge >= 0.3 is 0 Å². The fraction of sp³-hybridized carbons (Fsp3) is 0.318. The highest BCUT2D eigenvalue weighted by Gasteiger charge is 2.19. The van der Waals surface area contributed by atoms with E-state index in [4.69, 9.17) is 0 Å². The zero-order chi connectivity index (χ0) is 19.9. The molecule has 7 heteroatoms. The van der Waals surface area contributed by atoms with Gasteiger partial charge in [-0.05, 0) is 12.1 Å². The van der Waals surface area contributed by atoms with Gasteiger partial charge in [-0.3, -0.25) is 19.6 Å². The van der Waals surface area contributed by atoms with E-state index in [0.29, 0.717) is 6.54 Å². The summed E-state index contributed by atoms with van der Waals surface area (Å²) < 4.78 is 2.21. The summed E-state index contributed by atoms with van der Waals surface area (Å²) in [5.41, 5.74) is 1.88. The number of carbonyl (C=O) groups is 1. The molecule has 1 saturated heterocycles. The van der Waals surface area contributed by atoms with Gasteiger partial charge in [0, 0.05) is 63.4 Å². The van der Waals surface area contributed by atoms with Crippen LogP contribution in [0.3, 0.4) is 0 Å². The number of hydrogen-bond acceptors (Lipinski definition) is 5. The van der Waals surface area contributed by atoms with Gasteiger partial charge in [0.25, 0.3) is 0 Å². The fourth-order valence-electron chi connectivity index (χ4n) is 3.60. The highest BCUT2D eigenvalue weighted by Crippen LogP contribution is 2.16. The van der Waals surface area contributed by atoms with E-state index in [1.165, 1.54) is 0 Å². The number of rotatable bonds is 7.